The van der Waals surface area contributed by atoms with Crippen molar-refractivity contribution in [2.75, 3.05) is 22.2 Å². The van der Waals surface area contributed by atoms with E-state index in [0.717, 1.165) is 22.2 Å². The van der Waals surface area contributed by atoms with Crippen molar-refractivity contribution in [2.24, 2.45) is 4.99 Å². The molecular weight excluding hydrogens is 344 g/mol. The molecule has 2 atom stereocenters. The monoisotopic (exact) mass is 364 g/mol. The highest BCUT2D eigenvalue weighted by molar-refractivity contribution is 8.14. The number of aliphatic imine (C=N–C) groups is 1. The van der Waals surface area contributed by atoms with Crippen LogP contribution in [0.25, 0.3) is 0 Å². The Kier molecular flexibility index (Phi) is 4.57. The second-order valence-electron chi connectivity index (χ2n) is 6.34. The molecule has 1 aromatic rings. The van der Waals surface area contributed by atoms with Crippen LogP contribution >= 0.6 is 11.8 Å². The number of nitrogens with zero attached hydrogens (tertiary/aromatic N) is 2. The maximum absolute atomic E-state index is 12.0. The van der Waals surface area contributed by atoms with Crippen LogP contribution in [0.5, 0.6) is 0 Å². The van der Waals surface area contributed by atoms with Gasteiger partial charge in [-0.15, -0.1) is 0 Å². The molecule has 0 spiro atoms. The van der Waals surface area contributed by atoms with Gasteiger partial charge in [0.05, 0.1) is 23.6 Å². The van der Waals surface area contributed by atoms with Gasteiger partial charge in [-0.3, -0.25) is 9.79 Å². The summed E-state index contributed by atoms with van der Waals surface area (Å²) in [4.78, 5) is 18.1. The fourth-order valence-electron chi connectivity index (χ4n) is 2.98. The van der Waals surface area contributed by atoms with E-state index in [1.54, 1.807) is 23.9 Å². The molecule has 1 saturated heterocycles. The summed E-state index contributed by atoms with van der Waals surface area (Å²) < 4.78 is 24.0. The number of thioether (sulfide) groups is 1. The zero-order valence-corrected chi connectivity index (χ0v) is 15.4. The Hall–Kier alpha value is -1.60. The van der Waals surface area contributed by atoms with Gasteiger partial charge in [0.2, 0.25) is 0 Å². The summed E-state index contributed by atoms with van der Waals surface area (Å²) in [7, 11) is -3.05. The number of carbonyl (C=O) groups is 1. The van der Waals surface area contributed by atoms with Gasteiger partial charge in [-0.1, -0.05) is 23.9 Å². The number of amidine groups is 1. The van der Waals surface area contributed by atoms with Crippen LogP contribution in [0.4, 0.5) is 5.69 Å². The number of benzene rings is 1. The lowest BCUT2D eigenvalue weighted by Crippen LogP contribution is -2.39. The first kappa shape index (κ1) is 17.2. The SMILES string of the molecule is C=C(C)CSC1=N[C@H]2CS(=O)(=O)C[C@H]2N1c1ccc(C(C)=O)cc1. The van der Waals surface area contributed by atoms with E-state index in [1.807, 2.05) is 24.0 Å². The fraction of sp³-hybridized carbons (Fsp3) is 0.412. The smallest absolute Gasteiger partial charge is 0.164 e. The molecule has 0 saturated carbocycles. The first-order valence-corrected chi connectivity index (χ1v) is 10.5. The van der Waals surface area contributed by atoms with Crippen LogP contribution in [0.1, 0.15) is 24.2 Å². The molecule has 24 heavy (non-hydrogen) atoms. The van der Waals surface area contributed by atoms with E-state index in [9.17, 15) is 13.2 Å². The van der Waals surface area contributed by atoms with Crippen molar-refractivity contribution >= 4 is 38.2 Å². The first-order chi connectivity index (χ1) is 11.3. The minimum Gasteiger partial charge on any atom is -0.315 e. The Morgan fingerprint density at radius 3 is 2.54 bits per heavy atom. The predicted molar refractivity (Wildman–Crippen MR) is 99.9 cm³/mol. The second-order valence-corrected chi connectivity index (χ2v) is 9.44. The number of ketones is 1. The zero-order valence-electron chi connectivity index (χ0n) is 13.7. The minimum absolute atomic E-state index is 0.00911. The van der Waals surface area contributed by atoms with Gasteiger partial charge in [-0.25, -0.2) is 8.42 Å². The number of fused-ring (bicyclic) bond motifs is 1. The van der Waals surface area contributed by atoms with E-state index in [-0.39, 0.29) is 29.4 Å². The maximum Gasteiger partial charge on any atom is 0.164 e. The van der Waals surface area contributed by atoms with Crippen LogP contribution in [-0.2, 0) is 9.84 Å². The molecule has 7 heteroatoms. The van der Waals surface area contributed by atoms with Crippen molar-refractivity contribution in [2.45, 2.75) is 25.9 Å². The van der Waals surface area contributed by atoms with Gasteiger partial charge >= 0.3 is 0 Å². The van der Waals surface area contributed by atoms with Crippen molar-refractivity contribution in [1.82, 2.24) is 0 Å². The molecule has 0 amide bonds. The summed E-state index contributed by atoms with van der Waals surface area (Å²) in [5.74, 6) is 0.978. The van der Waals surface area contributed by atoms with Crippen molar-refractivity contribution < 1.29 is 13.2 Å². The van der Waals surface area contributed by atoms with Gasteiger partial charge in [0, 0.05) is 17.0 Å². The average Bonchev–Trinajstić information content (AvgIpc) is 2.96. The Morgan fingerprint density at radius 1 is 1.29 bits per heavy atom. The number of sulfone groups is 1. The Balaban J connectivity index is 1.93. The molecule has 0 radical (unpaired) electrons. The standard InChI is InChI=1S/C17H20N2O3S2/c1-11(2)8-23-17-18-15-9-24(21,22)10-16(15)19(17)14-6-4-13(5-7-14)12(3)20/h4-7,15-16H,1,8-10H2,2-3H3/t15-,16+/m0/s1. The molecule has 0 N–H and O–H groups in total. The van der Waals surface area contributed by atoms with Crippen LogP contribution in [0.15, 0.2) is 41.4 Å². The molecular formula is C17H20N2O3S2. The first-order valence-electron chi connectivity index (χ1n) is 7.72. The lowest BCUT2D eigenvalue weighted by Gasteiger charge is -2.26. The van der Waals surface area contributed by atoms with E-state index in [0.29, 0.717) is 5.56 Å². The van der Waals surface area contributed by atoms with E-state index < -0.39 is 9.84 Å². The molecule has 0 aromatic heterocycles. The van der Waals surface area contributed by atoms with Crippen LogP contribution in [0.3, 0.4) is 0 Å². The van der Waals surface area contributed by atoms with Crippen molar-refractivity contribution in [3.63, 3.8) is 0 Å². The summed E-state index contributed by atoms with van der Waals surface area (Å²) in [6.45, 7) is 7.40. The summed E-state index contributed by atoms with van der Waals surface area (Å²) in [5, 5.41) is 0.832. The van der Waals surface area contributed by atoms with E-state index in [1.165, 1.54) is 6.92 Å². The molecule has 2 aliphatic heterocycles. The highest BCUT2D eigenvalue weighted by Gasteiger charge is 2.47. The largest absolute Gasteiger partial charge is 0.315 e. The highest BCUT2D eigenvalue weighted by atomic mass is 32.2. The molecule has 0 bridgehead atoms. The molecule has 1 fully saturated rings. The van der Waals surface area contributed by atoms with Gasteiger partial charge in [0.25, 0.3) is 0 Å². The average molecular weight is 364 g/mol. The number of hydrogen-bond donors (Lipinski definition) is 0. The number of carbonyl (C=O) groups excluding carboxylic acids is 1. The number of rotatable bonds is 4. The lowest BCUT2D eigenvalue weighted by atomic mass is 10.1. The lowest BCUT2D eigenvalue weighted by molar-refractivity contribution is 0.101. The minimum atomic E-state index is -3.05. The van der Waals surface area contributed by atoms with Crippen molar-refractivity contribution in [3.8, 4) is 0 Å². The normalized spacial score (nSPS) is 24.6. The van der Waals surface area contributed by atoms with Crippen molar-refractivity contribution in [1.29, 1.82) is 0 Å². The van der Waals surface area contributed by atoms with E-state index in [2.05, 4.69) is 11.6 Å². The Morgan fingerprint density at radius 2 is 1.96 bits per heavy atom. The fourth-order valence-corrected chi connectivity index (χ4v) is 5.79. The molecule has 3 rings (SSSR count). The number of Topliss-reactive ketones (excluding diaryl/α,β-unsaturated/α-hetero) is 1. The zero-order chi connectivity index (χ0) is 17.5. The quantitative estimate of drug-likeness (QED) is 0.607. The topological polar surface area (TPSA) is 66.8 Å². The van der Waals surface area contributed by atoms with Crippen molar-refractivity contribution in [3.05, 3.63) is 42.0 Å². The number of hydrogen-bond acceptors (Lipinski definition) is 6. The van der Waals surface area contributed by atoms with Crippen LogP contribution in [0.2, 0.25) is 0 Å². The van der Waals surface area contributed by atoms with Gasteiger partial charge in [0.1, 0.15) is 0 Å². The van der Waals surface area contributed by atoms with Crippen LogP contribution in [0, 0.1) is 0 Å². The summed E-state index contributed by atoms with van der Waals surface area (Å²) in [6, 6.07) is 6.90. The molecule has 2 heterocycles. The van der Waals surface area contributed by atoms with Gasteiger partial charge < -0.3 is 4.90 Å². The summed E-state index contributed by atoms with van der Waals surface area (Å²) in [6.07, 6.45) is 0. The highest BCUT2D eigenvalue weighted by Crippen LogP contribution is 2.35. The molecule has 1 aromatic carbocycles. The molecule has 2 aliphatic rings. The third-order valence-electron chi connectivity index (χ3n) is 4.11. The molecule has 128 valence electrons. The second kappa shape index (κ2) is 6.37. The molecule has 0 aliphatic carbocycles. The van der Waals surface area contributed by atoms with Gasteiger partial charge in [-0.05, 0) is 38.1 Å². The van der Waals surface area contributed by atoms with Gasteiger partial charge in [-0.2, -0.15) is 0 Å². The Labute approximate surface area is 146 Å². The molecule has 5 nitrogen and oxygen atoms in total. The summed E-state index contributed by atoms with van der Waals surface area (Å²) >= 11 is 1.58. The van der Waals surface area contributed by atoms with Crippen LogP contribution in [-0.4, -0.2) is 48.7 Å². The summed E-state index contributed by atoms with van der Waals surface area (Å²) in [5.41, 5.74) is 2.55. The Bertz CT molecular complexity index is 813. The van der Waals surface area contributed by atoms with E-state index >= 15 is 0 Å². The third kappa shape index (κ3) is 3.42. The molecule has 0 unspecified atom stereocenters. The number of anilines is 1. The van der Waals surface area contributed by atoms with Gasteiger partial charge in [0.15, 0.2) is 20.8 Å². The van der Waals surface area contributed by atoms with Crippen LogP contribution < -0.4 is 4.90 Å². The maximum atomic E-state index is 12.0. The third-order valence-corrected chi connectivity index (χ3v) is 7.00. The predicted octanol–water partition coefficient (Wildman–Crippen LogP) is 2.54. The van der Waals surface area contributed by atoms with E-state index in [4.69, 9.17) is 0 Å².